The summed E-state index contributed by atoms with van der Waals surface area (Å²) in [5.74, 6) is -0.204. The Kier molecular flexibility index (Phi) is 8.55. The molecule has 0 bridgehead atoms. The maximum absolute atomic E-state index is 12.5. The third kappa shape index (κ3) is 6.92. The predicted molar refractivity (Wildman–Crippen MR) is 96.8 cm³/mol. The number of nitrogens with zero attached hydrogens (tertiary/aromatic N) is 2. The van der Waals surface area contributed by atoms with Gasteiger partial charge in [0.1, 0.15) is 0 Å². The van der Waals surface area contributed by atoms with Gasteiger partial charge in [-0.3, -0.25) is 4.79 Å². The molecule has 1 N–H and O–H groups in total. The van der Waals surface area contributed by atoms with E-state index in [2.05, 4.69) is 9.80 Å². The van der Waals surface area contributed by atoms with E-state index >= 15 is 0 Å². The fourth-order valence-corrected chi connectivity index (χ4v) is 4.46. The number of fused-ring (bicyclic) bond motifs is 1. The number of likely N-dealkylation sites (tertiary alicyclic amines) is 2. The van der Waals surface area contributed by atoms with Gasteiger partial charge in [0, 0.05) is 39.7 Å². The zero-order valence-corrected chi connectivity index (χ0v) is 16.4. The number of piperidine rings is 1. The third-order valence-corrected chi connectivity index (χ3v) is 6.03. The van der Waals surface area contributed by atoms with Crippen molar-refractivity contribution in [3.05, 3.63) is 0 Å². The number of carboxylic acid groups (broad SMARTS) is 1. The Labute approximate surface area is 164 Å². The highest BCUT2D eigenvalue weighted by Crippen LogP contribution is 2.33. The highest BCUT2D eigenvalue weighted by Gasteiger charge is 2.39. The molecule has 2 saturated heterocycles. The van der Waals surface area contributed by atoms with E-state index in [4.69, 9.17) is 14.6 Å². The van der Waals surface area contributed by atoms with Crippen LogP contribution in [0.15, 0.2) is 0 Å². The molecule has 0 aromatic rings. The standard InChI is InChI=1S/C17H30N2O2.C2HF3O2/c1-21-9-8-18-7-6-15-12-19(13-16(15)11-18)17(20)10-14-4-2-3-5-14;3-2(4,5)1(6)7/h14-16H,2-13H2,1H3;(H,6,7)/t15-,16+;/m0./s1. The van der Waals surface area contributed by atoms with Crippen molar-refractivity contribution < 1.29 is 32.6 Å². The third-order valence-electron chi connectivity index (χ3n) is 6.03. The summed E-state index contributed by atoms with van der Waals surface area (Å²) in [6, 6.07) is 0. The number of rotatable bonds is 5. The molecule has 2 aliphatic heterocycles. The van der Waals surface area contributed by atoms with Crippen LogP contribution in [0.3, 0.4) is 0 Å². The van der Waals surface area contributed by atoms with Crippen molar-refractivity contribution in [3.63, 3.8) is 0 Å². The maximum atomic E-state index is 12.5. The average molecular weight is 408 g/mol. The van der Waals surface area contributed by atoms with Crippen LogP contribution < -0.4 is 0 Å². The normalized spacial score (nSPS) is 25.9. The topological polar surface area (TPSA) is 70.1 Å². The molecule has 2 atom stereocenters. The summed E-state index contributed by atoms with van der Waals surface area (Å²) in [4.78, 5) is 26.1. The second-order valence-electron chi connectivity index (χ2n) is 8.06. The van der Waals surface area contributed by atoms with Crippen LogP contribution >= 0.6 is 0 Å². The second-order valence-corrected chi connectivity index (χ2v) is 8.06. The molecule has 28 heavy (non-hydrogen) atoms. The summed E-state index contributed by atoms with van der Waals surface area (Å²) in [6.45, 7) is 6.21. The molecule has 0 aromatic heterocycles. The monoisotopic (exact) mass is 408 g/mol. The van der Waals surface area contributed by atoms with Crippen molar-refractivity contribution in [1.29, 1.82) is 0 Å². The summed E-state index contributed by atoms with van der Waals surface area (Å²) in [5, 5.41) is 7.12. The van der Waals surface area contributed by atoms with Gasteiger partial charge in [-0.2, -0.15) is 13.2 Å². The average Bonchev–Trinajstić information content (AvgIpc) is 3.28. The minimum Gasteiger partial charge on any atom is -0.475 e. The number of aliphatic carboxylic acids is 1. The van der Waals surface area contributed by atoms with E-state index in [1.165, 1.54) is 38.6 Å². The Balaban J connectivity index is 0.000000345. The molecule has 0 unspecified atom stereocenters. The van der Waals surface area contributed by atoms with Gasteiger partial charge in [-0.1, -0.05) is 12.8 Å². The number of carbonyl (C=O) groups excluding carboxylic acids is 1. The number of hydrogen-bond donors (Lipinski definition) is 1. The number of carboxylic acids is 1. The van der Waals surface area contributed by atoms with Crippen LogP contribution in [-0.2, 0) is 14.3 Å². The summed E-state index contributed by atoms with van der Waals surface area (Å²) >= 11 is 0. The van der Waals surface area contributed by atoms with Gasteiger partial charge in [0.15, 0.2) is 0 Å². The van der Waals surface area contributed by atoms with Crippen molar-refractivity contribution in [2.75, 3.05) is 46.4 Å². The molecular formula is C19H31F3N2O4. The smallest absolute Gasteiger partial charge is 0.475 e. The van der Waals surface area contributed by atoms with Gasteiger partial charge in [0.25, 0.3) is 0 Å². The Bertz CT molecular complexity index is 524. The van der Waals surface area contributed by atoms with Crippen molar-refractivity contribution in [1.82, 2.24) is 9.80 Å². The van der Waals surface area contributed by atoms with E-state index in [9.17, 15) is 18.0 Å². The number of hydrogen-bond acceptors (Lipinski definition) is 4. The van der Waals surface area contributed by atoms with Crippen molar-refractivity contribution in [2.45, 2.75) is 44.7 Å². The number of ether oxygens (including phenoxy) is 1. The zero-order valence-electron chi connectivity index (χ0n) is 16.4. The van der Waals surface area contributed by atoms with Crippen LogP contribution in [0.5, 0.6) is 0 Å². The van der Waals surface area contributed by atoms with Gasteiger partial charge >= 0.3 is 12.1 Å². The minimum absolute atomic E-state index is 0.430. The van der Waals surface area contributed by atoms with Crippen molar-refractivity contribution in [2.24, 2.45) is 17.8 Å². The van der Waals surface area contributed by atoms with E-state index in [-0.39, 0.29) is 0 Å². The fourth-order valence-electron chi connectivity index (χ4n) is 4.46. The molecule has 6 nitrogen and oxygen atoms in total. The first-order chi connectivity index (χ1) is 13.2. The molecule has 0 aromatic carbocycles. The molecule has 3 fully saturated rings. The lowest BCUT2D eigenvalue weighted by Crippen LogP contribution is -2.41. The van der Waals surface area contributed by atoms with Crippen molar-refractivity contribution >= 4 is 11.9 Å². The van der Waals surface area contributed by atoms with Crippen LogP contribution in [0.2, 0.25) is 0 Å². The van der Waals surface area contributed by atoms with E-state index < -0.39 is 12.1 Å². The molecule has 0 radical (unpaired) electrons. The molecule has 1 aliphatic carbocycles. The lowest BCUT2D eigenvalue weighted by Gasteiger charge is -2.33. The molecule has 1 amide bonds. The van der Waals surface area contributed by atoms with Crippen LogP contribution in [0, 0.1) is 17.8 Å². The van der Waals surface area contributed by atoms with Gasteiger partial charge in [-0.05, 0) is 43.6 Å². The molecule has 2 heterocycles. The fraction of sp³-hybridized carbons (Fsp3) is 0.895. The van der Waals surface area contributed by atoms with Gasteiger partial charge in [-0.15, -0.1) is 0 Å². The van der Waals surface area contributed by atoms with Gasteiger partial charge in [-0.25, -0.2) is 4.79 Å². The zero-order chi connectivity index (χ0) is 20.7. The summed E-state index contributed by atoms with van der Waals surface area (Å²) in [7, 11) is 1.77. The highest BCUT2D eigenvalue weighted by molar-refractivity contribution is 5.76. The van der Waals surface area contributed by atoms with Crippen molar-refractivity contribution in [3.8, 4) is 0 Å². The molecule has 3 rings (SSSR count). The Morgan fingerprint density at radius 3 is 2.25 bits per heavy atom. The van der Waals surface area contributed by atoms with E-state index in [1.54, 1.807) is 7.11 Å². The van der Waals surface area contributed by atoms with Crippen LogP contribution in [0.25, 0.3) is 0 Å². The molecule has 3 aliphatic rings. The Morgan fingerprint density at radius 2 is 1.68 bits per heavy atom. The molecule has 9 heteroatoms. The first-order valence-corrected chi connectivity index (χ1v) is 10.00. The van der Waals surface area contributed by atoms with E-state index in [1.807, 2.05) is 0 Å². The Hall–Kier alpha value is -1.35. The number of carbonyl (C=O) groups is 2. The number of halogens is 3. The van der Waals surface area contributed by atoms with Crippen LogP contribution in [0.1, 0.15) is 38.5 Å². The number of methoxy groups -OCH3 is 1. The number of alkyl halides is 3. The van der Waals surface area contributed by atoms with Crippen LogP contribution in [-0.4, -0.2) is 79.4 Å². The SMILES string of the molecule is COCCN1CC[C@H]2CN(C(=O)CC3CCCC3)C[C@H]2C1.O=C(O)C(F)(F)F. The molecule has 162 valence electrons. The molecule has 1 saturated carbocycles. The minimum atomic E-state index is -5.08. The summed E-state index contributed by atoms with van der Waals surface area (Å²) < 4.78 is 36.9. The number of amides is 1. The van der Waals surface area contributed by atoms with E-state index in [0.717, 1.165) is 45.1 Å². The highest BCUT2D eigenvalue weighted by atomic mass is 19.4. The first kappa shape index (κ1) is 22.9. The van der Waals surface area contributed by atoms with Gasteiger partial charge in [0.05, 0.1) is 6.61 Å². The van der Waals surface area contributed by atoms with E-state index in [0.29, 0.717) is 17.7 Å². The maximum Gasteiger partial charge on any atom is 0.490 e. The predicted octanol–water partition coefficient (Wildman–Crippen LogP) is 2.63. The quantitative estimate of drug-likeness (QED) is 0.757. The Morgan fingerprint density at radius 1 is 1.07 bits per heavy atom. The van der Waals surface area contributed by atoms with Gasteiger partial charge in [0.2, 0.25) is 5.91 Å². The lowest BCUT2D eigenvalue weighted by molar-refractivity contribution is -0.192. The first-order valence-electron chi connectivity index (χ1n) is 10.00. The lowest BCUT2D eigenvalue weighted by atomic mass is 9.89. The largest absolute Gasteiger partial charge is 0.490 e. The molecular weight excluding hydrogens is 377 g/mol. The molecule has 0 spiro atoms. The second kappa shape index (κ2) is 10.4. The van der Waals surface area contributed by atoms with Crippen LogP contribution in [0.4, 0.5) is 13.2 Å². The summed E-state index contributed by atoms with van der Waals surface area (Å²) in [5.41, 5.74) is 0. The summed E-state index contributed by atoms with van der Waals surface area (Å²) in [6.07, 6.45) is 2.19. The van der Waals surface area contributed by atoms with Gasteiger partial charge < -0.3 is 19.6 Å².